The highest BCUT2D eigenvalue weighted by Gasteiger charge is 2.30. The summed E-state index contributed by atoms with van der Waals surface area (Å²) in [6.45, 7) is 3.80. The second kappa shape index (κ2) is 8.19. The van der Waals surface area contributed by atoms with E-state index >= 15 is 0 Å². The topological polar surface area (TPSA) is 87.3 Å². The van der Waals surface area contributed by atoms with Crippen LogP contribution in [0.15, 0.2) is 35.4 Å². The number of rotatable bonds is 6. The van der Waals surface area contributed by atoms with Crippen LogP contribution in [0.25, 0.3) is 0 Å². The van der Waals surface area contributed by atoms with Gasteiger partial charge in [-0.25, -0.2) is 4.98 Å². The van der Waals surface area contributed by atoms with Gasteiger partial charge in [0.1, 0.15) is 11.5 Å². The number of halogens is 3. The van der Waals surface area contributed by atoms with Gasteiger partial charge in [-0.2, -0.15) is 13.2 Å². The zero-order valence-corrected chi connectivity index (χ0v) is 15.4. The normalized spacial score (nSPS) is 15.3. The molecule has 0 aliphatic carbocycles. The molecule has 2 rings (SSSR count). The number of aryl methyl sites for hydroxylation is 1. The number of nitrogens with zero attached hydrogens (tertiary/aromatic N) is 1. The van der Waals surface area contributed by atoms with Crippen molar-refractivity contribution in [2.24, 2.45) is 0 Å². The third-order valence-electron chi connectivity index (χ3n) is 3.73. The number of pyridine rings is 1. The molecule has 1 aliphatic rings. The minimum atomic E-state index is -4.44. The minimum Gasteiger partial charge on any atom is -0.468 e. The maximum Gasteiger partial charge on any atom is 0.422 e. The minimum absolute atomic E-state index is 0.0830. The van der Waals surface area contributed by atoms with Crippen LogP contribution in [0, 0.1) is 6.92 Å². The van der Waals surface area contributed by atoms with Gasteiger partial charge in [0.2, 0.25) is 5.88 Å². The van der Waals surface area contributed by atoms with Crippen LogP contribution in [-0.4, -0.2) is 30.7 Å². The Hall–Kier alpha value is -2.91. The number of hydrogen-bond donors (Lipinski definition) is 4. The van der Waals surface area contributed by atoms with Crippen LogP contribution < -0.4 is 21.5 Å². The van der Waals surface area contributed by atoms with E-state index in [4.69, 9.17) is 0 Å². The van der Waals surface area contributed by atoms with E-state index in [-0.39, 0.29) is 17.6 Å². The third kappa shape index (κ3) is 5.80. The van der Waals surface area contributed by atoms with Crippen molar-refractivity contribution in [3.63, 3.8) is 0 Å². The van der Waals surface area contributed by atoms with E-state index in [0.717, 1.165) is 11.3 Å². The molecule has 0 spiro atoms. The molecule has 0 saturated heterocycles. The molecule has 7 nitrogen and oxygen atoms in total. The van der Waals surface area contributed by atoms with Crippen LogP contribution in [-0.2, 0) is 9.53 Å². The predicted octanol–water partition coefficient (Wildman–Crippen LogP) is 2.41. The molecular weight excluding hydrogens is 363 g/mol. The lowest BCUT2D eigenvalue weighted by atomic mass is 10.1. The summed E-state index contributed by atoms with van der Waals surface area (Å²) in [4.78, 5) is 16.7. The molecular formula is C17H22F3N5O2. The Labute approximate surface area is 155 Å². The highest BCUT2D eigenvalue weighted by molar-refractivity contribution is 5.93. The molecule has 10 heteroatoms. The molecule has 1 aromatic rings. The van der Waals surface area contributed by atoms with Crippen molar-refractivity contribution in [3.05, 3.63) is 46.6 Å². The van der Waals surface area contributed by atoms with Crippen molar-refractivity contribution in [1.82, 2.24) is 21.2 Å². The van der Waals surface area contributed by atoms with Gasteiger partial charge < -0.3 is 15.4 Å². The molecule has 2 heterocycles. The lowest BCUT2D eigenvalue weighted by molar-refractivity contribution is -0.166. The van der Waals surface area contributed by atoms with Crippen molar-refractivity contribution in [3.8, 4) is 0 Å². The van der Waals surface area contributed by atoms with E-state index in [2.05, 4.69) is 31.2 Å². The first-order valence-electron chi connectivity index (χ1n) is 8.20. The molecule has 1 amide bonds. The molecule has 1 aromatic heterocycles. The van der Waals surface area contributed by atoms with Crippen LogP contribution in [0.2, 0.25) is 0 Å². The van der Waals surface area contributed by atoms with Crippen LogP contribution in [0.3, 0.4) is 0 Å². The number of carbonyl (C=O) groups excluding carboxylic acids is 1. The standard InChI is InChI=1S/C17H22F3N5O2/c1-9-5-13(24-25-16(9)27-8-17(18,19)20)15(26)23-11(3)12-6-10(2)22-14(7-12)21-4/h5-7,11,24-25H,8H2,1-4H3,(H,21,22)(H,23,26). The van der Waals surface area contributed by atoms with E-state index in [1.54, 1.807) is 14.0 Å². The van der Waals surface area contributed by atoms with Crippen molar-refractivity contribution in [1.29, 1.82) is 0 Å². The molecule has 148 valence electrons. The molecule has 0 aromatic carbocycles. The number of hydrogen-bond acceptors (Lipinski definition) is 6. The third-order valence-corrected chi connectivity index (χ3v) is 3.73. The van der Waals surface area contributed by atoms with Crippen LogP contribution in [0.4, 0.5) is 19.0 Å². The number of nitrogens with one attached hydrogen (secondary N) is 4. The number of carbonyl (C=O) groups is 1. The number of amides is 1. The second-order valence-electron chi connectivity index (χ2n) is 6.10. The van der Waals surface area contributed by atoms with E-state index in [1.807, 2.05) is 26.0 Å². The van der Waals surface area contributed by atoms with Gasteiger partial charge in [0.05, 0.1) is 6.04 Å². The van der Waals surface area contributed by atoms with Crippen LogP contribution in [0.1, 0.15) is 31.1 Å². The number of aromatic nitrogens is 1. The predicted molar refractivity (Wildman–Crippen MR) is 94.1 cm³/mol. The first-order valence-corrected chi connectivity index (χ1v) is 8.20. The SMILES string of the molecule is CNc1cc(C(C)NC(=O)C2=CC(C)=C(OCC(F)(F)F)NN2)cc(C)n1. The summed E-state index contributed by atoms with van der Waals surface area (Å²) in [6, 6.07) is 3.38. The number of hydrazine groups is 1. The largest absolute Gasteiger partial charge is 0.468 e. The van der Waals surface area contributed by atoms with Gasteiger partial charge in [0.15, 0.2) is 6.61 Å². The highest BCUT2D eigenvalue weighted by Crippen LogP contribution is 2.20. The molecule has 0 radical (unpaired) electrons. The lowest BCUT2D eigenvalue weighted by Crippen LogP contribution is -2.42. The van der Waals surface area contributed by atoms with Crippen molar-refractivity contribution in [2.75, 3.05) is 19.0 Å². The molecule has 0 saturated carbocycles. The Bertz CT molecular complexity index is 774. The smallest absolute Gasteiger partial charge is 0.422 e. The van der Waals surface area contributed by atoms with Crippen molar-refractivity contribution >= 4 is 11.7 Å². The molecule has 1 aliphatic heterocycles. The zero-order valence-electron chi connectivity index (χ0n) is 15.4. The maximum absolute atomic E-state index is 12.4. The summed E-state index contributed by atoms with van der Waals surface area (Å²) in [6.07, 6.45) is -3.03. The van der Waals surface area contributed by atoms with Gasteiger partial charge in [0, 0.05) is 18.3 Å². The average Bonchev–Trinajstić information content (AvgIpc) is 2.59. The quantitative estimate of drug-likeness (QED) is 0.602. The van der Waals surface area contributed by atoms with Gasteiger partial charge in [-0.1, -0.05) is 0 Å². The van der Waals surface area contributed by atoms with E-state index < -0.39 is 18.7 Å². The van der Waals surface area contributed by atoms with Gasteiger partial charge in [-0.3, -0.25) is 15.6 Å². The average molecular weight is 385 g/mol. The first-order chi connectivity index (χ1) is 12.6. The summed E-state index contributed by atoms with van der Waals surface area (Å²) in [7, 11) is 1.75. The highest BCUT2D eigenvalue weighted by atomic mass is 19.4. The van der Waals surface area contributed by atoms with Gasteiger partial charge in [-0.15, -0.1) is 0 Å². The van der Waals surface area contributed by atoms with Gasteiger partial charge in [-0.05, 0) is 44.5 Å². The molecule has 4 N–H and O–H groups in total. The van der Waals surface area contributed by atoms with Crippen molar-refractivity contribution < 1.29 is 22.7 Å². The number of alkyl halides is 3. The van der Waals surface area contributed by atoms with Gasteiger partial charge in [0.25, 0.3) is 5.91 Å². The van der Waals surface area contributed by atoms with Gasteiger partial charge >= 0.3 is 6.18 Å². The fourth-order valence-corrected chi connectivity index (χ4v) is 2.40. The first kappa shape index (κ1) is 20.4. The maximum atomic E-state index is 12.4. The van der Waals surface area contributed by atoms with Crippen molar-refractivity contribution in [2.45, 2.75) is 33.0 Å². The summed E-state index contributed by atoms with van der Waals surface area (Å²) in [5.41, 5.74) is 7.23. The van der Waals surface area contributed by atoms with E-state index in [0.29, 0.717) is 11.4 Å². The summed E-state index contributed by atoms with van der Waals surface area (Å²) in [5, 5.41) is 5.78. The Morgan fingerprint density at radius 2 is 2.00 bits per heavy atom. The summed E-state index contributed by atoms with van der Waals surface area (Å²) in [5.74, 6) is 0.193. The molecule has 0 fully saturated rings. The fraction of sp³-hybridized carbons (Fsp3) is 0.412. The number of ether oxygens (including phenoxy) is 1. The van der Waals surface area contributed by atoms with Crippen LogP contribution in [0.5, 0.6) is 0 Å². The monoisotopic (exact) mass is 385 g/mol. The molecule has 27 heavy (non-hydrogen) atoms. The van der Waals surface area contributed by atoms with Crippen LogP contribution >= 0.6 is 0 Å². The zero-order chi connectivity index (χ0) is 20.2. The van der Waals surface area contributed by atoms with E-state index in [1.165, 1.54) is 6.08 Å². The number of allylic oxidation sites excluding steroid dienone is 2. The Kier molecular flexibility index (Phi) is 6.19. The molecule has 0 bridgehead atoms. The molecule has 1 atom stereocenters. The lowest BCUT2D eigenvalue weighted by Gasteiger charge is -2.23. The molecule has 1 unspecified atom stereocenters. The van der Waals surface area contributed by atoms with E-state index in [9.17, 15) is 18.0 Å². The summed E-state index contributed by atoms with van der Waals surface area (Å²) < 4.78 is 41.4. The Morgan fingerprint density at radius 3 is 2.59 bits per heavy atom. The Morgan fingerprint density at radius 1 is 1.30 bits per heavy atom. The fourth-order valence-electron chi connectivity index (χ4n) is 2.40. The number of anilines is 1. The second-order valence-corrected chi connectivity index (χ2v) is 6.10. The Balaban J connectivity index is 2.05. The summed E-state index contributed by atoms with van der Waals surface area (Å²) >= 11 is 0.